The molecule has 0 spiro atoms. The van der Waals surface area contributed by atoms with Crippen LogP contribution in [0.4, 0.5) is 0 Å². The lowest BCUT2D eigenvalue weighted by atomic mass is 9.87. The molecule has 1 unspecified atom stereocenters. The van der Waals surface area contributed by atoms with E-state index in [9.17, 15) is 4.79 Å². The summed E-state index contributed by atoms with van der Waals surface area (Å²) in [6, 6.07) is 0.828. The molecule has 112 valence electrons. The molecular weight excluding hydrogens is 262 g/mol. The van der Waals surface area contributed by atoms with E-state index in [-0.39, 0.29) is 18.3 Å². The summed E-state index contributed by atoms with van der Waals surface area (Å²) in [6.45, 7) is 4.53. The fourth-order valence-corrected chi connectivity index (χ4v) is 3.23. The predicted molar refractivity (Wildman–Crippen MR) is 80.5 cm³/mol. The van der Waals surface area contributed by atoms with E-state index >= 15 is 0 Å². The van der Waals surface area contributed by atoms with Gasteiger partial charge in [0.1, 0.15) is 0 Å². The fourth-order valence-electron chi connectivity index (χ4n) is 3.23. The van der Waals surface area contributed by atoms with Crippen molar-refractivity contribution in [3.8, 4) is 0 Å². The van der Waals surface area contributed by atoms with Gasteiger partial charge in [0.25, 0.3) is 0 Å². The standard InChI is InChI=1S/C14H27N3O.ClH/c1-11-4-6-12(7-5-11)16-14(18)10-17-8-2-3-13(17)9-15;/h11-13H,2-10,15H2,1H3,(H,16,18);1H. The van der Waals surface area contributed by atoms with Crippen LogP contribution in [0.1, 0.15) is 45.4 Å². The third-order valence-electron chi connectivity index (χ3n) is 4.50. The smallest absolute Gasteiger partial charge is 0.234 e. The van der Waals surface area contributed by atoms with E-state index in [0.29, 0.717) is 25.2 Å². The highest BCUT2D eigenvalue weighted by atomic mass is 35.5. The van der Waals surface area contributed by atoms with Gasteiger partial charge in [0.05, 0.1) is 6.54 Å². The number of carbonyl (C=O) groups is 1. The van der Waals surface area contributed by atoms with Crippen LogP contribution in [0.25, 0.3) is 0 Å². The molecule has 0 radical (unpaired) electrons. The third kappa shape index (κ3) is 4.93. The number of hydrogen-bond acceptors (Lipinski definition) is 3. The summed E-state index contributed by atoms with van der Waals surface area (Å²) in [4.78, 5) is 14.3. The van der Waals surface area contributed by atoms with Gasteiger partial charge in [0.2, 0.25) is 5.91 Å². The van der Waals surface area contributed by atoms with Gasteiger partial charge in [0, 0.05) is 18.6 Å². The van der Waals surface area contributed by atoms with E-state index in [1.54, 1.807) is 0 Å². The van der Waals surface area contributed by atoms with E-state index in [1.165, 1.54) is 19.3 Å². The Kier molecular flexibility index (Phi) is 7.11. The fraction of sp³-hybridized carbons (Fsp3) is 0.929. The number of nitrogens with zero attached hydrogens (tertiary/aromatic N) is 1. The number of rotatable bonds is 4. The number of halogens is 1. The van der Waals surface area contributed by atoms with Crippen molar-refractivity contribution >= 4 is 18.3 Å². The van der Waals surface area contributed by atoms with Crippen molar-refractivity contribution in [2.45, 2.75) is 57.5 Å². The summed E-state index contributed by atoms with van der Waals surface area (Å²) in [6.07, 6.45) is 7.11. The number of likely N-dealkylation sites (tertiary alicyclic amines) is 1. The summed E-state index contributed by atoms with van der Waals surface area (Å²) in [5.41, 5.74) is 5.73. The molecule has 1 heterocycles. The molecule has 1 atom stereocenters. The number of hydrogen-bond donors (Lipinski definition) is 2. The Balaban J connectivity index is 0.00000180. The van der Waals surface area contributed by atoms with Gasteiger partial charge in [0.15, 0.2) is 0 Å². The van der Waals surface area contributed by atoms with Crippen molar-refractivity contribution in [2.24, 2.45) is 11.7 Å². The molecule has 1 aliphatic carbocycles. The number of nitrogens with one attached hydrogen (secondary N) is 1. The molecule has 1 saturated heterocycles. The summed E-state index contributed by atoms with van der Waals surface area (Å²) >= 11 is 0. The Hall–Kier alpha value is -0.320. The maximum absolute atomic E-state index is 12.0. The van der Waals surface area contributed by atoms with Crippen molar-refractivity contribution in [3.63, 3.8) is 0 Å². The molecule has 0 aromatic heterocycles. The summed E-state index contributed by atoms with van der Waals surface area (Å²) in [5, 5.41) is 3.19. The average molecular weight is 290 g/mol. The summed E-state index contributed by atoms with van der Waals surface area (Å²) < 4.78 is 0. The molecule has 1 aliphatic heterocycles. The van der Waals surface area contributed by atoms with Gasteiger partial charge >= 0.3 is 0 Å². The second-order valence-corrected chi connectivity index (χ2v) is 6.03. The van der Waals surface area contributed by atoms with Gasteiger partial charge in [-0.25, -0.2) is 0 Å². The van der Waals surface area contributed by atoms with Crippen LogP contribution in [0.5, 0.6) is 0 Å². The van der Waals surface area contributed by atoms with Crippen LogP contribution >= 0.6 is 12.4 Å². The van der Waals surface area contributed by atoms with Gasteiger partial charge < -0.3 is 11.1 Å². The van der Waals surface area contributed by atoms with Crippen LogP contribution in [0.3, 0.4) is 0 Å². The molecule has 2 aliphatic rings. The van der Waals surface area contributed by atoms with Crippen molar-refractivity contribution < 1.29 is 4.79 Å². The molecule has 3 N–H and O–H groups in total. The number of carbonyl (C=O) groups excluding carboxylic acids is 1. The van der Waals surface area contributed by atoms with Gasteiger partial charge in [-0.1, -0.05) is 6.92 Å². The van der Waals surface area contributed by atoms with E-state index < -0.39 is 0 Å². The molecule has 5 heteroatoms. The van der Waals surface area contributed by atoms with Crippen LogP contribution in [0.15, 0.2) is 0 Å². The minimum atomic E-state index is 0. The van der Waals surface area contributed by atoms with Crippen LogP contribution in [0.2, 0.25) is 0 Å². The zero-order valence-electron chi connectivity index (χ0n) is 11.9. The van der Waals surface area contributed by atoms with Gasteiger partial charge in [-0.15, -0.1) is 12.4 Å². The minimum absolute atomic E-state index is 0. The summed E-state index contributed by atoms with van der Waals surface area (Å²) in [7, 11) is 0. The normalized spacial score (nSPS) is 31.8. The molecular formula is C14H28ClN3O. The first-order chi connectivity index (χ1) is 8.69. The van der Waals surface area contributed by atoms with Gasteiger partial charge in [-0.3, -0.25) is 9.69 Å². The van der Waals surface area contributed by atoms with E-state index in [4.69, 9.17) is 5.73 Å². The Labute approximate surface area is 122 Å². The van der Waals surface area contributed by atoms with Crippen LogP contribution in [0, 0.1) is 5.92 Å². The van der Waals surface area contributed by atoms with Crippen molar-refractivity contribution in [3.05, 3.63) is 0 Å². The second-order valence-electron chi connectivity index (χ2n) is 6.03. The third-order valence-corrected chi connectivity index (χ3v) is 4.50. The lowest BCUT2D eigenvalue weighted by molar-refractivity contribution is -0.123. The van der Waals surface area contributed by atoms with Crippen molar-refractivity contribution in [1.82, 2.24) is 10.2 Å². The molecule has 0 bridgehead atoms. The Morgan fingerprint density at radius 3 is 2.58 bits per heavy atom. The molecule has 0 aromatic rings. The highest BCUT2D eigenvalue weighted by Crippen LogP contribution is 2.23. The Morgan fingerprint density at radius 1 is 1.26 bits per heavy atom. The van der Waals surface area contributed by atoms with E-state index in [2.05, 4.69) is 17.1 Å². The van der Waals surface area contributed by atoms with Gasteiger partial charge in [-0.05, 0) is 51.0 Å². The highest BCUT2D eigenvalue weighted by molar-refractivity contribution is 5.85. The predicted octanol–water partition coefficient (Wildman–Crippen LogP) is 1.53. The zero-order chi connectivity index (χ0) is 13.0. The molecule has 1 saturated carbocycles. The monoisotopic (exact) mass is 289 g/mol. The van der Waals surface area contributed by atoms with Crippen LogP contribution < -0.4 is 11.1 Å². The topological polar surface area (TPSA) is 58.4 Å². The lowest BCUT2D eigenvalue weighted by Crippen LogP contribution is -2.46. The second kappa shape index (κ2) is 8.08. The maximum Gasteiger partial charge on any atom is 0.234 e. The largest absolute Gasteiger partial charge is 0.352 e. The maximum atomic E-state index is 12.0. The quantitative estimate of drug-likeness (QED) is 0.825. The first kappa shape index (κ1) is 16.7. The lowest BCUT2D eigenvalue weighted by Gasteiger charge is -2.28. The summed E-state index contributed by atoms with van der Waals surface area (Å²) in [5.74, 6) is 1.02. The zero-order valence-corrected chi connectivity index (χ0v) is 12.8. The minimum Gasteiger partial charge on any atom is -0.352 e. The highest BCUT2D eigenvalue weighted by Gasteiger charge is 2.26. The molecule has 1 amide bonds. The Morgan fingerprint density at radius 2 is 1.95 bits per heavy atom. The van der Waals surface area contributed by atoms with Crippen molar-refractivity contribution in [1.29, 1.82) is 0 Å². The van der Waals surface area contributed by atoms with Gasteiger partial charge in [-0.2, -0.15) is 0 Å². The number of nitrogens with two attached hydrogens (primary N) is 1. The molecule has 0 aromatic carbocycles. The van der Waals surface area contributed by atoms with Crippen molar-refractivity contribution in [2.75, 3.05) is 19.6 Å². The van der Waals surface area contributed by atoms with E-state index in [1.807, 2.05) is 0 Å². The van der Waals surface area contributed by atoms with Crippen LogP contribution in [-0.2, 0) is 4.79 Å². The van der Waals surface area contributed by atoms with E-state index in [0.717, 1.165) is 31.7 Å². The molecule has 2 fully saturated rings. The molecule has 4 nitrogen and oxygen atoms in total. The van der Waals surface area contributed by atoms with Crippen LogP contribution in [-0.4, -0.2) is 42.5 Å². The average Bonchev–Trinajstić information content (AvgIpc) is 2.79. The molecule has 19 heavy (non-hydrogen) atoms. The first-order valence-corrected chi connectivity index (χ1v) is 7.42. The first-order valence-electron chi connectivity index (χ1n) is 7.42. The SMILES string of the molecule is CC1CCC(NC(=O)CN2CCCC2CN)CC1.Cl. The molecule has 2 rings (SSSR count). The number of amides is 1. The Bertz CT molecular complexity index is 280.